The predicted molar refractivity (Wildman–Crippen MR) is 320 cm³/mol. The first-order valence-corrected chi connectivity index (χ1v) is 33.1. The van der Waals surface area contributed by atoms with E-state index in [-0.39, 0.29) is 18.5 Å². The molecule has 0 fully saturated rings. The van der Waals surface area contributed by atoms with Crippen molar-refractivity contribution in [2.24, 2.45) is 0 Å². The Morgan fingerprint density at radius 3 is 0.973 bits per heavy atom. The number of aliphatic hydroxyl groups excluding tert-OH is 2. The topological polar surface area (TPSA) is 95.9 Å². The van der Waals surface area contributed by atoms with Crippen LogP contribution >= 0.6 is 0 Å². The number of unbranched alkanes of at least 4 members (excludes halogenated alkanes) is 47. The molecule has 0 aromatic carbocycles. The van der Waals surface area contributed by atoms with Gasteiger partial charge in [-0.15, -0.1) is 0 Å². The van der Waals surface area contributed by atoms with Crippen LogP contribution in [0, 0.1) is 0 Å². The van der Waals surface area contributed by atoms with E-state index in [1.54, 1.807) is 0 Å². The molecule has 0 heterocycles. The highest BCUT2D eigenvalue weighted by Crippen LogP contribution is 2.18. The van der Waals surface area contributed by atoms with Gasteiger partial charge in [0.15, 0.2) is 0 Å². The maximum Gasteiger partial charge on any atom is 0.305 e. The van der Waals surface area contributed by atoms with Crippen LogP contribution in [0.2, 0.25) is 0 Å². The third-order valence-corrected chi connectivity index (χ3v) is 15.5. The Balaban J connectivity index is 3.38. The van der Waals surface area contributed by atoms with E-state index < -0.39 is 12.1 Å². The molecule has 6 nitrogen and oxygen atoms in total. The molecule has 2 unspecified atom stereocenters. The zero-order valence-corrected chi connectivity index (χ0v) is 49.4. The number of allylic oxidation sites excluding steroid dienone is 4. The average molecular weight is 1030 g/mol. The molecule has 0 saturated carbocycles. The molecule has 0 aliphatic rings. The summed E-state index contributed by atoms with van der Waals surface area (Å²) in [5.41, 5.74) is 0. The van der Waals surface area contributed by atoms with Crippen LogP contribution in [0.4, 0.5) is 0 Å². The Labute approximate surface area is 456 Å². The van der Waals surface area contributed by atoms with Crippen molar-refractivity contribution < 1.29 is 24.5 Å². The first-order valence-electron chi connectivity index (χ1n) is 33.1. The van der Waals surface area contributed by atoms with Gasteiger partial charge in [-0.1, -0.05) is 301 Å². The maximum atomic E-state index is 12.5. The summed E-state index contributed by atoms with van der Waals surface area (Å²) in [5.74, 6) is -0.0265. The molecule has 0 aliphatic carbocycles. The molecule has 3 N–H and O–H groups in total. The lowest BCUT2D eigenvalue weighted by atomic mass is 10.0. The van der Waals surface area contributed by atoms with Crippen LogP contribution in [0.15, 0.2) is 24.3 Å². The van der Waals surface area contributed by atoms with Crippen molar-refractivity contribution >= 4 is 11.9 Å². The van der Waals surface area contributed by atoms with Crippen molar-refractivity contribution in [3.63, 3.8) is 0 Å². The second-order valence-electron chi connectivity index (χ2n) is 22.8. The zero-order valence-electron chi connectivity index (χ0n) is 49.4. The average Bonchev–Trinajstić information content (AvgIpc) is 3.39. The van der Waals surface area contributed by atoms with Crippen molar-refractivity contribution in [2.45, 2.75) is 379 Å². The standard InChI is InChI=1S/C67H129NO5/c1-3-5-7-9-11-13-15-17-32-35-39-43-47-51-55-59-65(70)64(63-69)68-66(71)60-56-52-48-44-40-36-33-30-28-26-24-22-20-19-21-23-25-27-29-31-34-38-42-46-50-54-58-62-73-67(72)61-57-53-49-45-41-37-18-16-14-12-10-8-6-4-2/h16,18-20,64-65,69-70H,3-15,17,21-63H2,1-2H3,(H,68,71)/b18-16-,20-19-. The molecule has 0 bridgehead atoms. The summed E-state index contributed by atoms with van der Waals surface area (Å²) >= 11 is 0. The van der Waals surface area contributed by atoms with Crippen molar-refractivity contribution in [2.75, 3.05) is 13.2 Å². The van der Waals surface area contributed by atoms with E-state index >= 15 is 0 Å². The van der Waals surface area contributed by atoms with Crippen LogP contribution in [-0.4, -0.2) is 47.4 Å². The zero-order chi connectivity index (χ0) is 52.9. The summed E-state index contributed by atoms with van der Waals surface area (Å²) in [6.45, 7) is 4.96. The molecule has 0 aromatic rings. The monoisotopic (exact) mass is 1030 g/mol. The normalized spacial score (nSPS) is 12.7. The van der Waals surface area contributed by atoms with Crippen LogP contribution in [0.3, 0.4) is 0 Å². The summed E-state index contributed by atoms with van der Waals surface area (Å²) in [6.07, 6.45) is 77.8. The van der Waals surface area contributed by atoms with Gasteiger partial charge in [-0.25, -0.2) is 0 Å². The molecular formula is C67H129NO5. The summed E-state index contributed by atoms with van der Waals surface area (Å²) in [5, 5.41) is 23.3. The summed E-state index contributed by atoms with van der Waals surface area (Å²) in [4.78, 5) is 24.5. The lowest BCUT2D eigenvalue weighted by Crippen LogP contribution is -2.45. The van der Waals surface area contributed by atoms with Gasteiger partial charge in [0.2, 0.25) is 5.91 Å². The second-order valence-corrected chi connectivity index (χ2v) is 22.8. The smallest absolute Gasteiger partial charge is 0.305 e. The molecule has 2 atom stereocenters. The number of rotatable bonds is 62. The first-order chi connectivity index (χ1) is 36.0. The Morgan fingerprint density at radius 2 is 0.644 bits per heavy atom. The fraction of sp³-hybridized carbons (Fsp3) is 0.910. The minimum absolute atomic E-state index is 0.00701. The number of hydrogen-bond donors (Lipinski definition) is 3. The van der Waals surface area contributed by atoms with Crippen molar-refractivity contribution in [1.82, 2.24) is 5.32 Å². The second kappa shape index (κ2) is 62.9. The van der Waals surface area contributed by atoms with Gasteiger partial charge in [-0.05, 0) is 77.0 Å². The minimum atomic E-state index is -0.664. The van der Waals surface area contributed by atoms with Crippen molar-refractivity contribution in [1.29, 1.82) is 0 Å². The molecular weight excluding hydrogens is 899 g/mol. The van der Waals surface area contributed by atoms with Gasteiger partial charge in [0.25, 0.3) is 0 Å². The molecule has 6 heteroatoms. The molecule has 432 valence electrons. The Morgan fingerprint density at radius 1 is 0.370 bits per heavy atom. The SMILES string of the molecule is CCCCCCC/C=C\CCCCCCCC(=O)OCCCCCCCCCCCCCC/C=C\CCCCCCCCCCCCCC(=O)NC(CO)C(O)CCCCCCCCCCCCCCCCC. The molecule has 1 amide bonds. The summed E-state index contributed by atoms with van der Waals surface area (Å²) < 4.78 is 5.48. The molecule has 0 rings (SSSR count). The molecule has 0 aromatic heterocycles. The molecule has 73 heavy (non-hydrogen) atoms. The third kappa shape index (κ3) is 59.4. The van der Waals surface area contributed by atoms with E-state index in [2.05, 4.69) is 43.5 Å². The fourth-order valence-electron chi connectivity index (χ4n) is 10.4. The predicted octanol–water partition coefficient (Wildman–Crippen LogP) is 21.0. The Kier molecular flexibility index (Phi) is 61.4. The maximum absolute atomic E-state index is 12.5. The van der Waals surface area contributed by atoms with E-state index in [0.717, 1.165) is 44.9 Å². The lowest BCUT2D eigenvalue weighted by Gasteiger charge is -2.22. The number of amides is 1. The van der Waals surface area contributed by atoms with Crippen LogP contribution in [-0.2, 0) is 14.3 Å². The van der Waals surface area contributed by atoms with Gasteiger partial charge in [0.05, 0.1) is 25.4 Å². The summed E-state index contributed by atoms with van der Waals surface area (Å²) in [6, 6.07) is -0.542. The number of hydrogen-bond acceptors (Lipinski definition) is 5. The third-order valence-electron chi connectivity index (χ3n) is 15.5. The van der Waals surface area contributed by atoms with Gasteiger partial charge in [-0.2, -0.15) is 0 Å². The van der Waals surface area contributed by atoms with Crippen LogP contribution in [0.25, 0.3) is 0 Å². The highest BCUT2D eigenvalue weighted by molar-refractivity contribution is 5.76. The number of esters is 1. The summed E-state index contributed by atoms with van der Waals surface area (Å²) in [7, 11) is 0. The number of ether oxygens (including phenoxy) is 1. The first kappa shape index (κ1) is 71.3. The van der Waals surface area contributed by atoms with E-state index in [4.69, 9.17) is 4.74 Å². The number of carbonyl (C=O) groups is 2. The largest absolute Gasteiger partial charge is 0.466 e. The van der Waals surface area contributed by atoms with E-state index in [0.29, 0.717) is 25.9 Å². The highest BCUT2D eigenvalue weighted by atomic mass is 16.5. The van der Waals surface area contributed by atoms with Crippen molar-refractivity contribution in [3.8, 4) is 0 Å². The molecule has 0 aliphatic heterocycles. The van der Waals surface area contributed by atoms with E-state index in [1.807, 2.05) is 0 Å². The van der Waals surface area contributed by atoms with Crippen molar-refractivity contribution in [3.05, 3.63) is 24.3 Å². The van der Waals surface area contributed by atoms with Crippen LogP contribution < -0.4 is 5.32 Å². The fourth-order valence-corrected chi connectivity index (χ4v) is 10.4. The quantitative estimate of drug-likeness (QED) is 0.0320. The van der Waals surface area contributed by atoms with Crippen LogP contribution in [0.5, 0.6) is 0 Å². The highest BCUT2D eigenvalue weighted by Gasteiger charge is 2.20. The molecule has 0 radical (unpaired) electrons. The number of aliphatic hydroxyl groups is 2. The van der Waals surface area contributed by atoms with Gasteiger partial charge in [0.1, 0.15) is 0 Å². The van der Waals surface area contributed by atoms with Gasteiger partial charge in [-0.3, -0.25) is 9.59 Å². The van der Waals surface area contributed by atoms with Gasteiger partial charge >= 0.3 is 5.97 Å². The van der Waals surface area contributed by atoms with Crippen LogP contribution in [0.1, 0.15) is 367 Å². The minimum Gasteiger partial charge on any atom is -0.466 e. The molecule has 0 saturated heterocycles. The number of carbonyl (C=O) groups excluding carboxylic acids is 2. The van der Waals surface area contributed by atoms with E-state index in [1.165, 1.54) is 289 Å². The van der Waals surface area contributed by atoms with Gasteiger partial charge < -0.3 is 20.3 Å². The van der Waals surface area contributed by atoms with E-state index in [9.17, 15) is 19.8 Å². The Bertz CT molecular complexity index is 1140. The number of nitrogens with one attached hydrogen (secondary N) is 1. The molecule has 0 spiro atoms. The Hall–Kier alpha value is -1.66. The van der Waals surface area contributed by atoms with Gasteiger partial charge in [0, 0.05) is 12.8 Å². The lowest BCUT2D eigenvalue weighted by molar-refractivity contribution is -0.143.